The Morgan fingerprint density at radius 1 is 1.29 bits per heavy atom. The van der Waals surface area contributed by atoms with Crippen molar-refractivity contribution in [2.75, 3.05) is 0 Å². The van der Waals surface area contributed by atoms with Gasteiger partial charge in [-0.25, -0.2) is 9.37 Å². The molecule has 88 valence electrons. The van der Waals surface area contributed by atoms with Crippen LogP contribution in [0.3, 0.4) is 0 Å². The number of hydrogen-bond acceptors (Lipinski definition) is 3. The Morgan fingerprint density at radius 3 is 2.71 bits per heavy atom. The monoisotopic (exact) mass is 233 g/mol. The van der Waals surface area contributed by atoms with E-state index >= 15 is 0 Å². The molecule has 0 saturated carbocycles. The molecule has 17 heavy (non-hydrogen) atoms. The van der Waals surface area contributed by atoms with E-state index in [1.807, 2.05) is 0 Å². The summed E-state index contributed by atoms with van der Waals surface area (Å²) in [4.78, 5) is 3.99. The van der Waals surface area contributed by atoms with Gasteiger partial charge in [0.2, 0.25) is 5.88 Å². The van der Waals surface area contributed by atoms with Gasteiger partial charge in [0.1, 0.15) is 11.6 Å². The van der Waals surface area contributed by atoms with Crippen molar-refractivity contribution in [3.8, 4) is 11.6 Å². The van der Waals surface area contributed by atoms with Gasteiger partial charge < -0.3 is 9.84 Å². The molecule has 0 fully saturated rings. The van der Waals surface area contributed by atoms with Crippen LogP contribution in [0.25, 0.3) is 0 Å². The first kappa shape index (κ1) is 11.5. The minimum absolute atomic E-state index is 0.0631. The molecule has 1 aromatic carbocycles. The molecule has 0 aliphatic heterocycles. The van der Waals surface area contributed by atoms with Gasteiger partial charge in [-0.05, 0) is 30.2 Å². The van der Waals surface area contributed by atoms with Crippen LogP contribution >= 0.6 is 0 Å². The van der Waals surface area contributed by atoms with E-state index in [2.05, 4.69) is 4.98 Å². The fraction of sp³-hybridized carbons (Fsp3) is 0.154. The third-order valence-electron chi connectivity index (χ3n) is 2.35. The van der Waals surface area contributed by atoms with Crippen molar-refractivity contribution in [3.05, 3.63) is 53.5 Å². The van der Waals surface area contributed by atoms with Gasteiger partial charge in [0, 0.05) is 18.3 Å². The number of hydrogen-bond donors (Lipinski definition) is 1. The number of benzene rings is 1. The lowest BCUT2D eigenvalue weighted by Crippen LogP contribution is -1.91. The van der Waals surface area contributed by atoms with Crippen LogP contribution in [0.4, 0.5) is 4.39 Å². The van der Waals surface area contributed by atoms with Gasteiger partial charge in [0.25, 0.3) is 0 Å². The zero-order chi connectivity index (χ0) is 12.3. The van der Waals surface area contributed by atoms with Crippen LogP contribution < -0.4 is 4.74 Å². The van der Waals surface area contributed by atoms with Crippen molar-refractivity contribution in [2.24, 2.45) is 0 Å². The highest BCUT2D eigenvalue weighted by molar-refractivity contribution is 5.31. The molecule has 0 unspecified atom stereocenters. The molecular weight excluding hydrogens is 221 g/mol. The van der Waals surface area contributed by atoms with Crippen LogP contribution in [0.1, 0.15) is 11.1 Å². The van der Waals surface area contributed by atoms with E-state index in [4.69, 9.17) is 9.84 Å². The van der Waals surface area contributed by atoms with Gasteiger partial charge in [0.15, 0.2) is 0 Å². The molecule has 0 radical (unpaired) electrons. The first-order chi connectivity index (χ1) is 8.19. The molecule has 0 aliphatic rings. The third-order valence-corrected chi connectivity index (χ3v) is 2.35. The van der Waals surface area contributed by atoms with E-state index in [0.29, 0.717) is 22.8 Å². The number of pyridine rings is 1. The Balaban J connectivity index is 2.16. The third kappa shape index (κ3) is 2.79. The number of ether oxygens (including phenoxy) is 1. The second kappa shape index (κ2) is 4.93. The van der Waals surface area contributed by atoms with Gasteiger partial charge in [-0.1, -0.05) is 6.07 Å². The molecule has 0 aliphatic carbocycles. The highest BCUT2D eigenvalue weighted by atomic mass is 19.1. The molecular formula is C13H12FNO2. The number of halogens is 1. The predicted molar refractivity (Wildman–Crippen MR) is 61.4 cm³/mol. The van der Waals surface area contributed by atoms with E-state index in [0.717, 1.165) is 0 Å². The van der Waals surface area contributed by atoms with Crippen LogP contribution in [0.15, 0.2) is 36.5 Å². The fourth-order valence-corrected chi connectivity index (χ4v) is 1.32. The van der Waals surface area contributed by atoms with Crippen LogP contribution in [0.2, 0.25) is 0 Å². The first-order valence-corrected chi connectivity index (χ1v) is 5.19. The van der Waals surface area contributed by atoms with E-state index in [9.17, 15) is 4.39 Å². The van der Waals surface area contributed by atoms with Crippen molar-refractivity contribution < 1.29 is 14.2 Å². The summed E-state index contributed by atoms with van der Waals surface area (Å²) < 4.78 is 18.6. The minimum Gasteiger partial charge on any atom is -0.439 e. The number of aliphatic hydroxyl groups excluding tert-OH is 1. The molecule has 0 amide bonds. The lowest BCUT2D eigenvalue weighted by atomic mass is 10.2. The van der Waals surface area contributed by atoms with Crippen LogP contribution in [0.5, 0.6) is 11.6 Å². The summed E-state index contributed by atoms with van der Waals surface area (Å²) in [5.41, 5.74) is 1.27. The average Bonchev–Trinajstić information content (AvgIpc) is 2.35. The average molecular weight is 233 g/mol. The summed E-state index contributed by atoms with van der Waals surface area (Å²) in [6, 6.07) is 7.97. The van der Waals surface area contributed by atoms with Crippen LogP contribution in [-0.2, 0) is 6.61 Å². The van der Waals surface area contributed by atoms with Crippen molar-refractivity contribution in [3.63, 3.8) is 0 Å². The van der Waals surface area contributed by atoms with Gasteiger partial charge in [-0.3, -0.25) is 0 Å². The smallest absolute Gasteiger partial charge is 0.219 e. The Labute approximate surface area is 98.5 Å². The zero-order valence-corrected chi connectivity index (χ0v) is 9.35. The molecule has 4 heteroatoms. The SMILES string of the molecule is Cc1ccc(Oc2ccc(CO)cn2)cc1F. The standard InChI is InChI=1S/C13H12FNO2/c1-9-2-4-11(6-12(9)14)17-13-5-3-10(8-16)7-15-13/h2-7,16H,8H2,1H3. The fourth-order valence-electron chi connectivity index (χ4n) is 1.32. The summed E-state index contributed by atoms with van der Waals surface area (Å²) in [7, 11) is 0. The van der Waals surface area contributed by atoms with E-state index in [-0.39, 0.29) is 12.4 Å². The normalized spacial score (nSPS) is 10.3. The minimum atomic E-state index is -0.311. The Bertz CT molecular complexity index is 511. The second-order valence-corrected chi connectivity index (χ2v) is 3.68. The molecule has 2 aromatic rings. The lowest BCUT2D eigenvalue weighted by molar-refractivity contribution is 0.281. The van der Waals surface area contributed by atoms with Crippen LogP contribution in [0, 0.1) is 12.7 Å². The maximum Gasteiger partial charge on any atom is 0.219 e. The lowest BCUT2D eigenvalue weighted by Gasteiger charge is -2.06. The van der Waals surface area contributed by atoms with E-state index < -0.39 is 0 Å². The highest BCUT2D eigenvalue weighted by Crippen LogP contribution is 2.21. The van der Waals surface area contributed by atoms with Crippen molar-refractivity contribution in [2.45, 2.75) is 13.5 Å². The molecule has 3 nitrogen and oxygen atoms in total. The highest BCUT2D eigenvalue weighted by Gasteiger charge is 2.02. The topological polar surface area (TPSA) is 42.4 Å². The number of nitrogens with zero attached hydrogens (tertiary/aromatic N) is 1. The van der Waals surface area contributed by atoms with Crippen LogP contribution in [-0.4, -0.2) is 10.1 Å². The number of aliphatic hydroxyl groups is 1. The summed E-state index contributed by atoms with van der Waals surface area (Å²) in [6.07, 6.45) is 1.51. The molecule has 0 atom stereocenters. The van der Waals surface area contributed by atoms with Gasteiger partial charge in [0.05, 0.1) is 6.61 Å². The Kier molecular flexibility index (Phi) is 3.35. The van der Waals surface area contributed by atoms with E-state index in [1.54, 1.807) is 31.2 Å². The maximum atomic E-state index is 13.3. The van der Waals surface area contributed by atoms with Gasteiger partial charge in [-0.15, -0.1) is 0 Å². The molecule has 0 bridgehead atoms. The Morgan fingerprint density at radius 2 is 2.12 bits per heavy atom. The summed E-state index contributed by atoms with van der Waals surface area (Å²) >= 11 is 0. The Hall–Kier alpha value is -1.94. The van der Waals surface area contributed by atoms with Gasteiger partial charge >= 0.3 is 0 Å². The first-order valence-electron chi connectivity index (χ1n) is 5.19. The second-order valence-electron chi connectivity index (χ2n) is 3.68. The quantitative estimate of drug-likeness (QED) is 0.886. The largest absolute Gasteiger partial charge is 0.439 e. The summed E-state index contributed by atoms with van der Waals surface area (Å²) in [6.45, 7) is 1.62. The number of aryl methyl sites for hydroxylation is 1. The molecule has 1 aromatic heterocycles. The summed E-state index contributed by atoms with van der Waals surface area (Å²) in [5.74, 6) is 0.456. The molecule has 1 N–H and O–H groups in total. The number of rotatable bonds is 3. The zero-order valence-electron chi connectivity index (χ0n) is 9.35. The molecule has 0 spiro atoms. The predicted octanol–water partition coefficient (Wildman–Crippen LogP) is 2.81. The molecule has 1 heterocycles. The molecule has 0 saturated heterocycles. The van der Waals surface area contributed by atoms with Crippen molar-refractivity contribution >= 4 is 0 Å². The summed E-state index contributed by atoms with van der Waals surface area (Å²) in [5, 5.41) is 8.85. The van der Waals surface area contributed by atoms with Crippen molar-refractivity contribution in [1.29, 1.82) is 0 Å². The maximum absolute atomic E-state index is 13.3. The van der Waals surface area contributed by atoms with Gasteiger partial charge in [-0.2, -0.15) is 0 Å². The molecule has 2 rings (SSSR count). The van der Waals surface area contributed by atoms with E-state index in [1.165, 1.54) is 12.3 Å². The number of aromatic nitrogens is 1. The van der Waals surface area contributed by atoms with Crippen molar-refractivity contribution in [1.82, 2.24) is 4.98 Å².